The number of nitrogens with zero attached hydrogens (tertiary/aromatic N) is 2. The van der Waals surface area contributed by atoms with E-state index in [-0.39, 0.29) is 0 Å². The summed E-state index contributed by atoms with van der Waals surface area (Å²) >= 11 is 0. The summed E-state index contributed by atoms with van der Waals surface area (Å²) in [5.74, 6) is 1.13. The van der Waals surface area contributed by atoms with Gasteiger partial charge in [0.05, 0.1) is 0 Å². The van der Waals surface area contributed by atoms with Crippen molar-refractivity contribution in [3.63, 3.8) is 0 Å². The van der Waals surface area contributed by atoms with E-state index in [0.29, 0.717) is 6.04 Å². The Morgan fingerprint density at radius 3 is 2.37 bits per heavy atom. The molecule has 0 aliphatic carbocycles. The maximum Gasteiger partial charge on any atom is 0.128 e. The van der Waals surface area contributed by atoms with Gasteiger partial charge in [0.15, 0.2) is 0 Å². The van der Waals surface area contributed by atoms with Crippen LogP contribution in [0.3, 0.4) is 0 Å². The van der Waals surface area contributed by atoms with E-state index in [1.807, 2.05) is 13.2 Å². The van der Waals surface area contributed by atoms with E-state index in [2.05, 4.69) is 48.1 Å². The Labute approximate surface area is 118 Å². The van der Waals surface area contributed by atoms with Gasteiger partial charge in [0, 0.05) is 25.3 Å². The van der Waals surface area contributed by atoms with Crippen LogP contribution >= 0.6 is 0 Å². The number of aromatic nitrogens is 1. The Hall–Kier alpha value is -1.09. The SMILES string of the molecule is CCCCN(CCCC)c1cc(C(C)NC)ccn1. The minimum absolute atomic E-state index is 0.376. The molecular weight excluding hydrogens is 234 g/mol. The van der Waals surface area contributed by atoms with Crippen LogP contribution in [0.25, 0.3) is 0 Å². The summed E-state index contributed by atoms with van der Waals surface area (Å²) in [4.78, 5) is 6.99. The number of pyridine rings is 1. The molecule has 1 heterocycles. The number of anilines is 1. The zero-order valence-corrected chi connectivity index (χ0v) is 12.9. The first-order chi connectivity index (χ1) is 9.22. The Bertz CT molecular complexity index is 344. The highest BCUT2D eigenvalue weighted by Crippen LogP contribution is 2.18. The zero-order chi connectivity index (χ0) is 14.1. The molecule has 3 nitrogen and oxygen atoms in total. The molecule has 0 aliphatic heterocycles. The van der Waals surface area contributed by atoms with Crippen molar-refractivity contribution < 1.29 is 0 Å². The number of unbranched alkanes of at least 4 members (excludes halogenated alkanes) is 2. The first kappa shape index (κ1) is 16.0. The molecule has 0 aromatic carbocycles. The van der Waals surface area contributed by atoms with Crippen LogP contribution in [0.1, 0.15) is 58.1 Å². The molecule has 1 unspecified atom stereocenters. The topological polar surface area (TPSA) is 28.2 Å². The van der Waals surface area contributed by atoms with Gasteiger partial charge >= 0.3 is 0 Å². The highest BCUT2D eigenvalue weighted by atomic mass is 15.2. The first-order valence-electron chi connectivity index (χ1n) is 7.61. The van der Waals surface area contributed by atoms with E-state index in [9.17, 15) is 0 Å². The molecule has 108 valence electrons. The maximum absolute atomic E-state index is 4.56. The van der Waals surface area contributed by atoms with Gasteiger partial charge in [-0.1, -0.05) is 26.7 Å². The molecule has 1 N–H and O–H groups in total. The fraction of sp³-hybridized carbons (Fsp3) is 0.688. The lowest BCUT2D eigenvalue weighted by molar-refractivity contribution is 0.645. The number of nitrogens with one attached hydrogen (secondary N) is 1. The molecule has 19 heavy (non-hydrogen) atoms. The van der Waals surface area contributed by atoms with Crippen molar-refractivity contribution in [3.8, 4) is 0 Å². The van der Waals surface area contributed by atoms with Crippen molar-refractivity contribution in [2.24, 2.45) is 0 Å². The van der Waals surface area contributed by atoms with E-state index in [1.165, 1.54) is 31.2 Å². The monoisotopic (exact) mass is 263 g/mol. The molecule has 1 atom stereocenters. The average Bonchev–Trinajstić information content (AvgIpc) is 2.46. The molecule has 1 aromatic rings. The molecular formula is C16H29N3. The van der Waals surface area contributed by atoms with Crippen molar-refractivity contribution in [1.29, 1.82) is 0 Å². The maximum atomic E-state index is 4.56. The molecule has 0 amide bonds. The first-order valence-corrected chi connectivity index (χ1v) is 7.61. The van der Waals surface area contributed by atoms with Gasteiger partial charge in [-0.25, -0.2) is 4.98 Å². The Morgan fingerprint density at radius 1 is 1.21 bits per heavy atom. The summed E-state index contributed by atoms with van der Waals surface area (Å²) in [6.07, 6.45) is 6.86. The van der Waals surface area contributed by atoms with Gasteiger partial charge in [0.25, 0.3) is 0 Å². The molecule has 0 aliphatic rings. The second-order valence-corrected chi connectivity index (χ2v) is 5.15. The summed E-state index contributed by atoms with van der Waals surface area (Å²) in [7, 11) is 2.00. The minimum atomic E-state index is 0.376. The molecule has 0 saturated carbocycles. The Kier molecular flexibility index (Phi) is 7.49. The third kappa shape index (κ3) is 5.19. The van der Waals surface area contributed by atoms with Gasteiger partial charge in [0.1, 0.15) is 5.82 Å². The van der Waals surface area contributed by atoms with E-state index >= 15 is 0 Å². The lowest BCUT2D eigenvalue weighted by atomic mass is 10.1. The van der Waals surface area contributed by atoms with E-state index in [1.54, 1.807) is 0 Å². The van der Waals surface area contributed by atoms with Gasteiger partial charge < -0.3 is 10.2 Å². The van der Waals surface area contributed by atoms with Crippen molar-refractivity contribution in [1.82, 2.24) is 10.3 Å². The standard InChI is InChI=1S/C16H29N3/c1-5-7-11-19(12-8-6-2)16-13-15(9-10-18-16)14(3)17-4/h9-10,13-14,17H,5-8,11-12H2,1-4H3. The van der Waals surface area contributed by atoms with E-state index < -0.39 is 0 Å². The molecule has 1 aromatic heterocycles. The van der Waals surface area contributed by atoms with Crippen LogP contribution in [0.5, 0.6) is 0 Å². The highest BCUT2D eigenvalue weighted by molar-refractivity contribution is 5.41. The van der Waals surface area contributed by atoms with Crippen LogP contribution in [0, 0.1) is 0 Å². The molecule has 3 heteroatoms. The third-order valence-corrected chi connectivity index (χ3v) is 3.59. The van der Waals surface area contributed by atoms with E-state index in [0.717, 1.165) is 18.9 Å². The van der Waals surface area contributed by atoms with Crippen molar-refractivity contribution in [3.05, 3.63) is 23.9 Å². The second-order valence-electron chi connectivity index (χ2n) is 5.15. The predicted octanol–water partition coefficient (Wildman–Crippen LogP) is 3.77. The summed E-state index contributed by atoms with van der Waals surface area (Å²) in [5.41, 5.74) is 1.31. The zero-order valence-electron chi connectivity index (χ0n) is 12.9. The molecule has 0 spiro atoms. The van der Waals surface area contributed by atoms with Crippen LogP contribution in [0.4, 0.5) is 5.82 Å². The van der Waals surface area contributed by atoms with Crippen molar-refractivity contribution >= 4 is 5.82 Å². The highest BCUT2D eigenvalue weighted by Gasteiger charge is 2.09. The summed E-state index contributed by atoms with van der Waals surface area (Å²) in [6.45, 7) is 8.89. The quantitative estimate of drug-likeness (QED) is 0.735. The second kappa shape index (κ2) is 8.92. The normalized spacial score (nSPS) is 12.4. The van der Waals surface area contributed by atoms with Crippen LogP contribution < -0.4 is 10.2 Å². The predicted molar refractivity (Wildman–Crippen MR) is 83.7 cm³/mol. The fourth-order valence-electron chi connectivity index (χ4n) is 2.08. The molecule has 0 bridgehead atoms. The average molecular weight is 263 g/mol. The van der Waals surface area contributed by atoms with Gasteiger partial charge in [0.2, 0.25) is 0 Å². The third-order valence-electron chi connectivity index (χ3n) is 3.59. The largest absolute Gasteiger partial charge is 0.357 e. The lowest BCUT2D eigenvalue weighted by Gasteiger charge is -2.24. The number of hydrogen-bond acceptors (Lipinski definition) is 3. The Balaban J connectivity index is 2.81. The summed E-state index contributed by atoms with van der Waals surface area (Å²) < 4.78 is 0. The van der Waals surface area contributed by atoms with Crippen molar-refractivity contribution in [2.75, 3.05) is 25.0 Å². The lowest BCUT2D eigenvalue weighted by Crippen LogP contribution is -2.27. The van der Waals surface area contributed by atoms with Gasteiger partial charge in [-0.3, -0.25) is 0 Å². The van der Waals surface area contributed by atoms with Gasteiger partial charge in [-0.15, -0.1) is 0 Å². The summed E-state index contributed by atoms with van der Waals surface area (Å²) in [6, 6.07) is 4.70. The molecule has 0 saturated heterocycles. The molecule has 0 radical (unpaired) electrons. The van der Waals surface area contributed by atoms with E-state index in [4.69, 9.17) is 0 Å². The van der Waals surface area contributed by atoms with Crippen molar-refractivity contribution in [2.45, 2.75) is 52.5 Å². The smallest absolute Gasteiger partial charge is 0.128 e. The van der Waals surface area contributed by atoms with Gasteiger partial charge in [-0.2, -0.15) is 0 Å². The van der Waals surface area contributed by atoms with Crippen LogP contribution in [-0.4, -0.2) is 25.1 Å². The summed E-state index contributed by atoms with van der Waals surface area (Å²) in [5, 5.41) is 3.29. The Morgan fingerprint density at radius 2 is 1.84 bits per heavy atom. The molecule has 1 rings (SSSR count). The van der Waals surface area contributed by atoms with Crippen LogP contribution in [-0.2, 0) is 0 Å². The number of rotatable bonds is 9. The van der Waals surface area contributed by atoms with Gasteiger partial charge in [-0.05, 0) is 44.5 Å². The number of hydrogen-bond donors (Lipinski definition) is 1. The molecule has 0 fully saturated rings. The van der Waals surface area contributed by atoms with Crippen LogP contribution in [0.2, 0.25) is 0 Å². The van der Waals surface area contributed by atoms with Crippen LogP contribution in [0.15, 0.2) is 18.3 Å². The fourth-order valence-corrected chi connectivity index (χ4v) is 2.08. The minimum Gasteiger partial charge on any atom is -0.357 e.